The van der Waals surface area contributed by atoms with Crippen LogP contribution in [0.4, 0.5) is 9.80 Å². The molecule has 0 radical (unpaired) electrons. The molecule has 0 saturated carbocycles. The highest BCUT2D eigenvalue weighted by atomic mass is 32.1. The number of thiophene rings is 1. The van der Waals surface area contributed by atoms with Gasteiger partial charge in [0.25, 0.3) is 5.91 Å². The van der Waals surface area contributed by atoms with Gasteiger partial charge in [0.15, 0.2) is 0 Å². The van der Waals surface area contributed by atoms with Crippen LogP contribution in [-0.2, 0) is 17.6 Å². The van der Waals surface area contributed by atoms with E-state index in [0.717, 1.165) is 29.7 Å². The molecule has 1 atom stereocenters. The van der Waals surface area contributed by atoms with Crippen molar-refractivity contribution in [3.05, 3.63) is 16.0 Å². The van der Waals surface area contributed by atoms with Crippen molar-refractivity contribution in [1.29, 1.82) is 0 Å². The van der Waals surface area contributed by atoms with Crippen molar-refractivity contribution >= 4 is 28.3 Å². The first-order chi connectivity index (χ1) is 9.02. The second-order valence-corrected chi connectivity index (χ2v) is 5.87. The van der Waals surface area contributed by atoms with Crippen molar-refractivity contribution in [2.75, 3.05) is 11.9 Å². The van der Waals surface area contributed by atoms with E-state index in [4.69, 9.17) is 10.5 Å². The van der Waals surface area contributed by atoms with E-state index in [2.05, 4.69) is 12.2 Å². The van der Waals surface area contributed by atoms with Gasteiger partial charge in [-0.05, 0) is 37.7 Å². The topological polar surface area (TPSA) is 81.4 Å². The fourth-order valence-corrected chi connectivity index (χ4v) is 3.76. The maximum Gasteiger partial charge on any atom is 0.412 e. The first kappa shape index (κ1) is 13.9. The molecule has 0 saturated heterocycles. The predicted molar refractivity (Wildman–Crippen MR) is 74.7 cm³/mol. The maximum atomic E-state index is 11.6. The second kappa shape index (κ2) is 5.61. The number of hydrogen-bond acceptors (Lipinski definition) is 4. The zero-order valence-corrected chi connectivity index (χ0v) is 11.9. The molecule has 0 unspecified atom stereocenters. The predicted octanol–water partition coefficient (Wildman–Crippen LogP) is 2.54. The molecule has 0 aliphatic heterocycles. The first-order valence-electron chi connectivity index (χ1n) is 6.41. The summed E-state index contributed by atoms with van der Waals surface area (Å²) in [4.78, 5) is 24.3. The Balaban J connectivity index is 2.32. The third-order valence-electron chi connectivity index (χ3n) is 3.25. The van der Waals surface area contributed by atoms with E-state index in [1.165, 1.54) is 11.3 Å². The lowest BCUT2D eigenvalue weighted by molar-refractivity contribution is 0.100. The van der Waals surface area contributed by atoms with Gasteiger partial charge in [-0.25, -0.2) is 4.79 Å². The van der Waals surface area contributed by atoms with Gasteiger partial charge in [-0.3, -0.25) is 10.1 Å². The number of ether oxygens (including phenoxy) is 1. The summed E-state index contributed by atoms with van der Waals surface area (Å²) in [5.41, 5.74) is 6.90. The summed E-state index contributed by atoms with van der Waals surface area (Å²) in [6.07, 6.45) is 2.28. The number of amides is 2. The highest BCUT2D eigenvalue weighted by molar-refractivity contribution is 7.17. The molecule has 3 N–H and O–H groups in total. The number of fused-ring (bicyclic) bond motifs is 1. The molecule has 0 aromatic carbocycles. The summed E-state index contributed by atoms with van der Waals surface area (Å²) in [6, 6.07) is 0. The molecule has 1 aromatic rings. The number of anilines is 1. The van der Waals surface area contributed by atoms with Crippen LogP contribution in [0.2, 0.25) is 0 Å². The van der Waals surface area contributed by atoms with Gasteiger partial charge in [0.2, 0.25) is 0 Å². The van der Waals surface area contributed by atoms with Gasteiger partial charge in [0.1, 0.15) is 5.00 Å². The smallest absolute Gasteiger partial charge is 0.412 e. The fraction of sp³-hybridized carbons (Fsp3) is 0.538. The summed E-state index contributed by atoms with van der Waals surface area (Å²) in [6.45, 7) is 4.21. The monoisotopic (exact) mass is 282 g/mol. The van der Waals surface area contributed by atoms with Crippen LogP contribution in [-0.4, -0.2) is 18.6 Å². The first-order valence-corrected chi connectivity index (χ1v) is 7.22. The molecule has 1 aromatic heterocycles. The molecule has 6 heteroatoms. The summed E-state index contributed by atoms with van der Waals surface area (Å²) in [5.74, 6) is 0.112. The lowest BCUT2D eigenvalue weighted by Crippen LogP contribution is -2.19. The van der Waals surface area contributed by atoms with E-state index in [1.807, 2.05) is 0 Å². The van der Waals surface area contributed by atoms with E-state index in [9.17, 15) is 9.59 Å². The average molecular weight is 282 g/mol. The summed E-state index contributed by atoms with van der Waals surface area (Å²) >= 11 is 1.44. The van der Waals surface area contributed by atoms with Crippen molar-refractivity contribution in [3.8, 4) is 0 Å². The van der Waals surface area contributed by atoms with Gasteiger partial charge in [0, 0.05) is 4.88 Å². The van der Waals surface area contributed by atoms with Crippen molar-refractivity contribution in [3.63, 3.8) is 0 Å². The van der Waals surface area contributed by atoms with Crippen molar-refractivity contribution in [2.45, 2.75) is 33.1 Å². The second-order valence-electron chi connectivity index (χ2n) is 4.77. The van der Waals surface area contributed by atoms with E-state index in [1.54, 1.807) is 6.92 Å². The minimum absolute atomic E-state index is 0.292. The van der Waals surface area contributed by atoms with E-state index in [-0.39, 0.29) is 0 Å². The maximum absolute atomic E-state index is 11.6. The van der Waals surface area contributed by atoms with Crippen LogP contribution < -0.4 is 11.1 Å². The number of nitrogens with one attached hydrogen (secondary N) is 1. The standard InChI is InChI=1S/C13H18N2O3S/c1-3-18-13(17)15-12-10(11(14)16)8-5-4-7(2)6-9(8)19-12/h7H,3-6H2,1-2H3,(H2,14,16)(H,15,17)/t7-/m0/s1. The number of primary amides is 1. The number of carbonyl (C=O) groups excluding carboxylic acids is 2. The normalized spacial score (nSPS) is 17.7. The Morgan fingerprint density at radius 1 is 1.53 bits per heavy atom. The van der Waals surface area contributed by atoms with Gasteiger partial charge < -0.3 is 10.5 Å². The molecule has 2 amide bonds. The molecule has 0 spiro atoms. The van der Waals surface area contributed by atoms with Crippen LogP contribution in [0.15, 0.2) is 0 Å². The lowest BCUT2D eigenvalue weighted by atomic mass is 9.88. The molecular weight excluding hydrogens is 264 g/mol. The van der Waals surface area contributed by atoms with Crippen molar-refractivity contribution < 1.29 is 14.3 Å². The third-order valence-corrected chi connectivity index (χ3v) is 4.42. The van der Waals surface area contributed by atoms with Crippen LogP contribution in [0.5, 0.6) is 0 Å². The van der Waals surface area contributed by atoms with Crippen LogP contribution in [0, 0.1) is 5.92 Å². The van der Waals surface area contributed by atoms with Gasteiger partial charge in [-0.2, -0.15) is 0 Å². The van der Waals surface area contributed by atoms with Crippen molar-refractivity contribution in [1.82, 2.24) is 0 Å². The zero-order chi connectivity index (χ0) is 14.0. The van der Waals surface area contributed by atoms with E-state index < -0.39 is 12.0 Å². The van der Waals surface area contributed by atoms with Crippen LogP contribution in [0.25, 0.3) is 0 Å². The lowest BCUT2D eigenvalue weighted by Gasteiger charge is -2.18. The van der Waals surface area contributed by atoms with E-state index >= 15 is 0 Å². The number of nitrogens with two attached hydrogens (primary N) is 1. The molecule has 1 aliphatic rings. The minimum atomic E-state index is -0.545. The van der Waals surface area contributed by atoms with E-state index in [0.29, 0.717) is 23.1 Å². The van der Waals surface area contributed by atoms with Crippen LogP contribution >= 0.6 is 11.3 Å². The van der Waals surface area contributed by atoms with Crippen LogP contribution in [0.3, 0.4) is 0 Å². The number of carbonyl (C=O) groups is 2. The molecule has 1 heterocycles. The van der Waals surface area contributed by atoms with Gasteiger partial charge >= 0.3 is 6.09 Å². The van der Waals surface area contributed by atoms with Crippen LogP contribution in [0.1, 0.15) is 41.1 Å². The van der Waals surface area contributed by atoms with Gasteiger partial charge in [0.05, 0.1) is 12.2 Å². The number of rotatable bonds is 3. The molecule has 19 heavy (non-hydrogen) atoms. The molecule has 5 nitrogen and oxygen atoms in total. The molecule has 0 bridgehead atoms. The Kier molecular flexibility index (Phi) is 4.09. The molecule has 0 fully saturated rings. The highest BCUT2D eigenvalue weighted by Gasteiger charge is 2.27. The fourth-order valence-electron chi connectivity index (χ4n) is 2.36. The highest BCUT2D eigenvalue weighted by Crippen LogP contribution is 2.39. The van der Waals surface area contributed by atoms with Crippen molar-refractivity contribution in [2.24, 2.45) is 11.7 Å². The molecule has 104 valence electrons. The SMILES string of the molecule is CCOC(=O)Nc1sc2c(c1C(N)=O)CC[C@H](C)C2. The summed E-state index contributed by atoms with van der Waals surface area (Å²) < 4.78 is 4.84. The molecular formula is C13H18N2O3S. The molecule has 1 aliphatic carbocycles. The average Bonchev–Trinajstić information content (AvgIpc) is 2.65. The Labute approximate surface area is 116 Å². The number of hydrogen-bond donors (Lipinski definition) is 2. The Morgan fingerprint density at radius 2 is 2.26 bits per heavy atom. The third kappa shape index (κ3) is 2.89. The Bertz CT molecular complexity index is 510. The Morgan fingerprint density at radius 3 is 2.89 bits per heavy atom. The summed E-state index contributed by atoms with van der Waals surface area (Å²) in [5, 5.41) is 3.14. The minimum Gasteiger partial charge on any atom is -0.450 e. The molecule has 2 rings (SSSR count). The zero-order valence-electron chi connectivity index (χ0n) is 11.1. The van der Waals surface area contributed by atoms with Gasteiger partial charge in [-0.1, -0.05) is 6.92 Å². The Hall–Kier alpha value is -1.56. The largest absolute Gasteiger partial charge is 0.450 e. The summed E-state index contributed by atoms with van der Waals surface area (Å²) in [7, 11) is 0. The van der Waals surface area contributed by atoms with Gasteiger partial charge in [-0.15, -0.1) is 11.3 Å². The quantitative estimate of drug-likeness (QED) is 0.893.